The van der Waals surface area contributed by atoms with Crippen molar-refractivity contribution >= 4 is 0 Å². The van der Waals surface area contributed by atoms with Crippen molar-refractivity contribution < 1.29 is 8.78 Å². The molecule has 3 rings (SSSR count). The number of allylic oxidation sites excluding steroid dienone is 2. The van der Waals surface area contributed by atoms with E-state index in [0.29, 0.717) is 11.5 Å². The van der Waals surface area contributed by atoms with Crippen molar-refractivity contribution in [3.05, 3.63) is 58.9 Å². The summed E-state index contributed by atoms with van der Waals surface area (Å²) < 4.78 is 29.3. The van der Waals surface area contributed by atoms with E-state index in [-0.39, 0.29) is 12.1 Å². The summed E-state index contributed by atoms with van der Waals surface area (Å²) in [5.41, 5.74) is 1.37. The zero-order valence-corrected chi connectivity index (χ0v) is 11.9. The van der Waals surface area contributed by atoms with Gasteiger partial charge in [0.05, 0.1) is 12.2 Å². The molecule has 1 aromatic heterocycles. The molecule has 2 aromatic rings. The van der Waals surface area contributed by atoms with Gasteiger partial charge in [-0.3, -0.25) is 0 Å². The van der Waals surface area contributed by atoms with E-state index in [9.17, 15) is 8.78 Å². The number of halogens is 2. The van der Waals surface area contributed by atoms with Gasteiger partial charge < -0.3 is 0 Å². The van der Waals surface area contributed by atoms with Crippen LogP contribution in [-0.4, -0.2) is 15.0 Å². The quantitative estimate of drug-likeness (QED) is 0.806. The summed E-state index contributed by atoms with van der Waals surface area (Å²) in [6.07, 6.45) is 9.14. The van der Waals surface area contributed by atoms with Crippen LogP contribution in [0.3, 0.4) is 0 Å². The minimum absolute atomic E-state index is 0.0370. The van der Waals surface area contributed by atoms with E-state index < -0.39 is 11.6 Å². The Kier molecular flexibility index (Phi) is 3.82. The molecule has 0 saturated carbocycles. The molecule has 0 N–H and O–H groups in total. The first kappa shape index (κ1) is 13.9. The molecule has 0 saturated heterocycles. The number of rotatable bonds is 3. The lowest BCUT2D eigenvalue weighted by atomic mass is 9.92. The molecule has 5 heteroatoms. The van der Waals surface area contributed by atoms with Crippen LogP contribution in [0.25, 0.3) is 0 Å². The van der Waals surface area contributed by atoms with Crippen LogP contribution >= 0.6 is 0 Å². The maximum absolute atomic E-state index is 14.0. The maximum atomic E-state index is 14.0. The maximum Gasteiger partial charge on any atom is 0.134 e. The van der Waals surface area contributed by atoms with E-state index in [0.717, 1.165) is 25.0 Å². The zero-order chi connectivity index (χ0) is 14.8. The summed E-state index contributed by atoms with van der Waals surface area (Å²) >= 11 is 0. The van der Waals surface area contributed by atoms with Gasteiger partial charge in [0.25, 0.3) is 0 Å². The number of nitrogens with zero attached hydrogens (tertiary/aromatic N) is 3. The molecule has 0 spiro atoms. The lowest BCUT2D eigenvalue weighted by Gasteiger charge is -2.14. The second-order valence-electron chi connectivity index (χ2n) is 5.48. The van der Waals surface area contributed by atoms with Gasteiger partial charge in [0, 0.05) is 17.7 Å². The van der Waals surface area contributed by atoms with E-state index >= 15 is 0 Å². The van der Waals surface area contributed by atoms with E-state index in [1.807, 2.05) is 0 Å². The average molecular weight is 289 g/mol. The Bertz CT molecular complexity index is 676. The van der Waals surface area contributed by atoms with Gasteiger partial charge in [0.2, 0.25) is 0 Å². The SMILES string of the molecule is Cc1ccc(F)c(Cn2cc(C3CC=CCC3)nn2)c1F. The molecular formula is C16H17F2N3. The van der Waals surface area contributed by atoms with Crippen LogP contribution in [0.1, 0.15) is 42.0 Å². The Labute approximate surface area is 122 Å². The molecule has 0 aliphatic heterocycles. The van der Waals surface area contributed by atoms with E-state index in [4.69, 9.17) is 0 Å². The van der Waals surface area contributed by atoms with Crippen LogP contribution in [0.5, 0.6) is 0 Å². The summed E-state index contributed by atoms with van der Waals surface area (Å²) in [5.74, 6) is -0.695. The van der Waals surface area contributed by atoms with Crippen LogP contribution in [0, 0.1) is 18.6 Å². The average Bonchev–Trinajstić information content (AvgIpc) is 2.97. The molecule has 1 aliphatic rings. The first-order chi connectivity index (χ1) is 10.1. The van der Waals surface area contributed by atoms with Gasteiger partial charge in [-0.25, -0.2) is 13.5 Å². The molecule has 1 unspecified atom stereocenters. The Morgan fingerprint density at radius 2 is 2.14 bits per heavy atom. The van der Waals surface area contributed by atoms with Crippen LogP contribution in [0.15, 0.2) is 30.5 Å². The van der Waals surface area contributed by atoms with Gasteiger partial charge in [-0.05, 0) is 37.8 Å². The number of aryl methyl sites for hydroxylation is 1. The molecule has 1 aromatic carbocycles. The van der Waals surface area contributed by atoms with E-state index in [1.165, 1.54) is 16.8 Å². The van der Waals surface area contributed by atoms with E-state index in [1.54, 1.807) is 13.1 Å². The highest BCUT2D eigenvalue weighted by Gasteiger charge is 2.17. The van der Waals surface area contributed by atoms with Crippen LogP contribution in [0.4, 0.5) is 8.78 Å². The van der Waals surface area contributed by atoms with Crippen molar-refractivity contribution in [2.75, 3.05) is 0 Å². The first-order valence-corrected chi connectivity index (χ1v) is 7.13. The second kappa shape index (κ2) is 5.76. The lowest BCUT2D eigenvalue weighted by molar-refractivity contribution is 0.523. The molecule has 1 heterocycles. The molecule has 1 aliphatic carbocycles. The van der Waals surface area contributed by atoms with Crippen molar-refractivity contribution in [3.8, 4) is 0 Å². The normalized spacial score (nSPS) is 18.1. The van der Waals surface area contributed by atoms with Crippen LogP contribution in [0.2, 0.25) is 0 Å². The Morgan fingerprint density at radius 3 is 2.90 bits per heavy atom. The predicted octanol–water partition coefficient (Wildman–Crippen LogP) is 3.74. The monoisotopic (exact) mass is 289 g/mol. The third kappa shape index (κ3) is 2.86. The van der Waals surface area contributed by atoms with Gasteiger partial charge in [-0.2, -0.15) is 0 Å². The minimum Gasteiger partial charge on any atom is -0.248 e. The van der Waals surface area contributed by atoms with Crippen molar-refractivity contribution in [2.24, 2.45) is 0 Å². The van der Waals surface area contributed by atoms with Crippen LogP contribution < -0.4 is 0 Å². The van der Waals surface area contributed by atoms with Crippen LogP contribution in [-0.2, 0) is 6.54 Å². The molecule has 1 atom stereocenters. The fourth-order valence-corrected chi connectivity index (χ4v) is 2.66. The summed E-state index contributed by atoms with van der Waals surface area (Å²) in [6, 6.07) is 2.73. The molecule has 0 fully saturated rings. The highest BCUT2D eigenvalue weighted by molar-refractivity contribution is 5.26. The molecule has 0 amide bonds. The lowest BCUT2D eigenvalue weighted by Crippen LogP contribution is -2.06. The predicted molar refractivity (Wildman–Crippen MR) is 76.0 cm³/mol. The smallest absolute Gasteiger partial charge is 0.134 e. The molecule has 0 bridgehead atoms. The first-order valence-electron chi connectivity index (χ1n) is 7.13. The van der Waals surface area contributed by atoms with Crippen molar-refractivity contribution in [3.63, 3.8) is 0 Å². The highest BCUT2D eigenvalue weighted by atomic mass is 19.1. The number of hydrogen-bond donors (Lipinski definition) is 0. The fraction of sp³-hybridized carbons (Fsp3) is 0.375. The number of hydrogen-bond acceptors (Lipinski definition) is 2. The van der Waals surface area contributed by atoms with Gasteiger partial charge >= 0.3 is 0 Å². The molecule has 3 nitrogen and oxygen atoms in total. The molecule has 110 valence electrons. The van der Waals surface area contributed by atoms with Gasteiger partial charge in [-0.15, -0.1) is 5.10 Å². The Morgan fingerprint density at radius 1 is 1.29 bits per heavy atom. The molecule has 0 radical (unpaired) electrons. The van der Waals surface area contributed by atoms with Gasteiger partial charge in [0.15, 0.2) is 0 Å². The molecular weight excluding hydrogens is 272 g/mol. The van der Waals surface area contributed by atoms with Gasteiger partial charge in [-0.1, -0.05) is 23.4 Å². The third-order valence-corrected chi connectivity index (χ3v) is 3.94. The summed E-state index contributed by atoms with van der Waals surface area (Å²) in [5, 5.41) is 8.16. The topological polar surface area (TPSA) is 30.7 Å². The largest absolute Gasteiger partial charge is 0.248 e. The highest BCUT2D eigenvalue weighted by Crippen LogP contribution is 2.27. The second-order valence-corrected chi connectivity index (χ2v) is 5.48. The zero-order valence-electron chi connectivity index (χ0n) is 11.9. The summed E-state index contributed by atoms with van der Waals surface area (Å²) in [7, 11) is 0. The van der Waals surface area contributed by atoms with Crippen molar-refractivity contribution in [1.82, 2.24) is 15.0 Å². The van der Waals surface area contributed by atoms with Crippen molar-refractivity contribution in [2.45, 2.75) is 38.6 Å². The number of aromatic nitrogens is 3. The minimum atomic E-state index is -0.546. The fourth-order valence-electron chi connectivity index (χ4n) is 2.66. The Hall–Kier alpha value is -2.04. The van der Waals surface area contributed by atoms with Crippen molar-refractivity contribution in [1.29, 1.82) is 0 Å². The number of benzene rings is 1. The van der Waals surface area contributed by atoms with Gasteiger partial charge in [0.1, 0.15) is 11.6 Å². The van der Waals surface area contributed by atoms with E-state index in [2.05, 4.69) is 22.5 Å². The summed E-state index contributed by atoms with van der Waals surface area (Å²) in [4.78, 5) is 0. The molecule has 21 heavy (non-hydrogen) atoms. The standard InChI is InChI=1S/C16H17F2N3/c1-11-7-8-14(17)13(16(11)18)9-21-10-15(19-20-21)12-5-3-2-4-6-12/h2-3,7-8,10,12H,4-6,9H2,1H3. The Balaban J connectivity index is 1.82. The third-order valence-electron chi connectivity index (χ3n) is 3.94. The summed E-state index contributed by atoms with van der Waals surface area (Å²) in [6.45, 7) is 1.69.